The van der Waals surface area contributed by atoms with E-state index in [1.807, 2.05) is 0 Å². The quantitative estimate of drug-likeness (QED) is 0.828. The highest BCUT2D eigenvalue weighted by molar-refractivity contribution is 5.85. The molecule has 2 aliphatic rings. The van der Waals surface area contributed by atoms with Gasteiger partial charge in [0, 0.05) is 6.54 Å². The van der Waals surface area contributed by atoms with Gasteiger partial charge in [-0.25, -0.2) is 0 Å². The molecule has 1 aliphatic heterocycles. The van der Waals surface area contributed by atoms with Crippen LogP contribution in [0.5, 0.6) is 0 Å². The Hall–Kier alpha value is 0.210. The average molecular weight is 275 g/mol. The van der Waals surface area contributed by atoms with Crippen molar-refractivity contribution in [2.45, 2.75) is 51.4 Å². The van der Waals surface area contributed by atoms with E-state index in [4.69, 9.17) is 0 Å². The summed E-state index contributed by atoms with van der Waals surface area (Å²) in [4.78, 5) is 2.58. The number of piperidine rings is 1. The van der Waals surface area contributed by atoms with Gasteiger partial charge in [0.1, 0.15) is 0 Å². The number of halogens is 1. The third-order valence-electron chi connectivity index (χ3n) is 4.61. The summed E-state index contributed by atoms with van der Waals surface area (Å²) < 4.78 is 0. The van der Waals surface area contributed by atoms with Gasteiger partial charge in [0.15, 0.2) is 0 Å². The molecular weight excluding hydrogens is 244 g/mol. The van der Waals surface area contributed by atoms with Gasteiger partial charge in [-0.1, -0.05) is 32.1 Å². The van der Waals surface area contributed by atoms with Crippen LogP contribution in [0, 0.1) is 11.8 Å². The third-order valence-corrected chi connectivity index (χ3v) is 4.61. The maximum Gasteiger partial charge on any atom is 0.00187 e. The minimum atomic E-state index is 0. The zero-order valence-corrected chi connectivity index (χ0v) is 12.8. The van der Waals surface area contributed by atoms with Crippen LogP contribution in [0.2, 0.25) is 0 Å². The van der Waals surface area contributed by atoms with Gasteiger partial charge in [-0.2, -0.15) is 0 Å². The molecule has 1 saturated heterocycles. The molecule has 0 aromatic carbocycles. The second-order valence-electron chi connectivity index (χ2n) is 6.27. The van der Waals surface area contributed by atoms with E-state index in [0.29, 0.717) is 0 Å². The van der Waals surface area contributed by atoms with E-state index in [-0.39, 0.29) is 12.4 Å². The zero-order valence-electron chi connectivity index (χ0n) is 12.0. The fourth-order valence-corrected chi connectivity index (χ4v) is 3.49. The molecule has 1 aliphatic carbocycles. The topological polar surface area (TPSA) is 15.3 Å². The maximum atomic E-state index is 3.52. The molecular formula is C15H31ClN2. The van der Waals surface area contributed by atoms with Crippen molar-refractivity contribution in [1.29, 1.82) is 0 Å². The van der Waals surface area contributed by atoms with Crippen LogP contribution >= 0.6 is 12.4 Å². The van der Waals surface area contributed by atoms with Crippen molar-refractivity contribution in [2.24, 2.45) is 11.8 Å². The second-order valence-corrected chi connectivity index (χ2v) is 6.27. The molecule has 2 nitrogen and oxygen atoms in total. The van der Waals surface area contributed by atoms with Crippen molar-refractivity contribution in [3.05, 3.63) is 0 Å². The van der Waals surface area contributed by atoms with Crippen molar-refractivity contribution in [2.75, 3.05) is 33.2 Å². The summed E-state index contributed by atoms with van der Waals surface area (Å²) >= 11 is 0. The molecule has 0 amide bonds. The lowest BCUT2D eigenvalue weighted by Gasteiger charge is -2.29. The molecule has 2 fully saturated rings. The van der Waals surface area contributed by atoms with Crippen molar-refractivity contribution in [3.8, 4) is 0 Å². The Bertz CT molecular complexity index is 199. The Balaban J connectivity index is 0.00000162. The standard InChI is InChI=1S/C15H30N2.ClH/c1-17(13-15-8-5-10-16-12-15)11-9-14-6-3-2-4-7-14;/h14-16H,2-13H2,1H3;1H. The summed E-state index contributed by atoms with van der Waals surface area (Å²) in [6, 6.07) is 0. The molecule has 0 radical (unpaired) electrons. The third kappa shape index (κ3) is 5.90. The molecule has 18 heavy (non-hydrogen) atoms. The molecule has 3 heteroatoms. The SMILES string of the molecule is CN(CCC1CCCCC1)CC1CCCNC1.Cl. The van der Waals surface area contributed by atoms with Crippen LogP contribution in [0.4, 0.5) is 0 Å². The Morgan fingerprint density at radius 3 is 2.39 bits per heavy atom. The molecule has 1 atom stereocenters. The highest BCUT2D eigenvalue weighted by Crippen LogP contribution is 2.26. The van der Waals surface area contributed by atoms with E-state index in [0.717, 1.165) is 11.8 Å². The van der Waals surface area contributed by atoms with Gasteiger partial charge in [-0.05, 0) is 57.8 Å². The summed E-state index contributed by atoms with van der Waals surface area (Å²) in [5, 5.41) is 3.52. The second kappa shape index (κ2) is 9.17. The first-order valence-electron chi connectivity index (χ1n) is 7.74. The van der Waals surface area contributed by atoms with Gasteiger partial charge in [0.25, 0.3) is 0 Å². The van der Waals surface area contributed by atoms with Gasteiger partial charge in [0.05, 0.1) is 0 Å². The summed E-state index contributed by atoms with van der Waals surface area (Å²) in [6.07, 6.45) is 11.7. The van der Waals surface area contributed by atoms with Crippen LogP contribution in [-0.2, 0) is 0 Å². The van der Waals surface area contributed by atoms with Crippen molar-refractivity contribution in [3.63, 3.8) is 0 Å². The van der Waals surface area contributed by atoms with Crippen molar-refractivity contribution >= 4 is 12.4 Å². The first-order valence-corrected chi connectivity index (χ1v) is 7.74. The number of hydrogen-bond acceptors (Lipinski definition) is 2. The highest BCUT2D eigenvalue weighted by Gasteiger charge is 2.17. The minimum absolute atomic E-state index is 0. The number of rotatable bonds is 5. The zero-order chi connectivity index (χ0) is 11.9. The summed E-state index contributed by atoms with van der Waals surface area (Å²) in [5.41, 5.74) is 0. The van der Waals surface area contributed by atoms with E-state index in [9.17, 15) is 0 Å². The summed E-state index contributed by atoms with van der Waals surface area (Å²) in [7, 11) is 2.32. The van der Waals surface area contributed by atoms with Gasteiger partial charge < -0.3 is 10.2 Å². The van der Waals surface area contributed by atoms with E-state index < -0.39 is 0 Å². The van der Waals surface area contributed by atoms with Crippen LogP contribution in [0.3, 0.4) is 0 Å². The van der Waals surface area contributed by atoms with Crippen LogP contribution in [-0.4, -0.2) is 38.1 Å². The van der Waals surface area contributed by atoms with Crippen LogP contribution < -0.4 is 5.32 Å². The highest BCUT2D eigenvalue weighted by atomic mass is 35.5. The molecule has 0 aromatic rings. The summed E-state index contributed by atoms with van der Waals surface area (Å²) in [5.74, 6) is 1.94. The fourth-order valence-electron chi connectivity index (χ4n) is 3.49. The van der Waals surface area contributed by atoms with Crippen molar-refractivity contribution in [1.82, 2.24) is 10.2 Å². The Kier molecular flexibility index (Phi) is 8.28. The predicted molar refractivity (Wildman–Crippen MR) is 81.5 cm³/mol. The van der Waals surface area contributed by atoms with Gasteiger partial charge >= 0.3 is 0 Å². The van der Waals surface area contributed by atoms with E-state index >= 15 is 0 Å². The largest absolute Gasteiger partial charge is 0.316 e. The van der Waals surface area contributed by atoms with Crippen molar-refractivity contribution < 1.29 is 0 Å². The lowest BCUT2D eigenvalue weighted by molar-refractivity contribution is 0.218. The van der Waals surface area contributed by atoms with Gasteiger partial charge in [-0.3, -0.25) is 0 Å². The molecule has 1 heterocycles. The lowest BCUT2D eigenvalue weighted by Crippen LogP contribution is -2.37. The molecule has 108 valence electrons. The van der Waals surface area contributed by atoms with E-state index in [2.05, 4.69) is 17.3 Å². The average Bonchev–Trinajstić information content (AvgIpc) is 2.39. The summed E-state index contributed by atoms with van der Waals surface area (Å²) in [6.45, 7) is 5.11. The monoisotopic (exact) mass is 274 g/mol. The minimum Gasteiger partial charge on any atom is -0.316 e. The van der Waals surface area contributed by atoms with Crippen LogP contribution in [0.1, 0.15) is 51.4 Å². The Labute approximate surface area is 119 Å². The number of nitrogens with one attached hydrogen (secondary N) is 1. The molecule has 2 rings (SSSR count). The molecule has 1 unspecified atom stereocenters. The lowest BCUT2D eigenvalue weighted by atomic mass is 9.87. The molecule has 0 bridgehead atoms. The first kappa shape index (κ1) is 16.3. The molecule has 1 saturated carbocycles. The van der Waals surface area contributed by atoms with Gasteiger partial charge in [-0.15, -0.1) is 12.4 Å². The first-order chi connectivity index (χ1) is 8.34. The normalized spacial score (nSPS) is 26.0. The Morgan fingerprint density at radius 2 is 1.72 bits per heavy atom. The number of nitrogens with zero attached hydrogens (tertiary/aromatic N) is 1. The maximum absolute atomic E-state index is 3.52. The molecule has 0 spiro atoms. The van der Waals surface area contributed by atoms with E-state index in [1.165, 1.54) is 77.5 Å². The van der Waals surface area contributed by atoms with Crippen LogP contribution in [0.25, 0.3) is 0 Å². The molecule has 1 N–H and O–H groups in total. The van der Waals surface area contributed by atoms with E-state index in [1.54, 1.807) is 0 Å². The molecule has 0 aromatic heterocycles. The Morgan fingerprint density at radius 1 is 1.00 bits per heavy atom. The van der Waals surface area contributed by atoms with Gasteiger partial charge in [0.2, 0.25) is 0 Å². The number of hydrogen-bond donors (Lipinski definition) is 1. The smallest absolute Gasteiger partial charge is 0.00187 e. The fraction of sp³-hybridized carbons (Fsp3) is 1.00. The predicted octanol–water partition coefficient (Wildman–Crippen LogP) is 3.31. The van der Waals surface area contributed by atoms with Crippen LogP contribution in [0.15, 0.2) is 0 Å².